The SMILES string of the molecule is C[CH]C(N)Oc1ccccc1C. The van der Waals surface area contributed by atoms with Crippen LogP contribution in [0.3, 0.4) is 0 Å². The molecule has 0 saturated carbocycles. The summed E-state index contributed by atoms with van der Waals surface area (Å²) in [6, 6.07) is 7.82. The molecule has 1 aromatic carbocycles. The lowest BCUT2D eigenvalue weighted by molar-refractivity contribution is 0.240. The summed E-state index contributed by atoms with van der Waals surface area (Å²) in [6.07, 6.45) is 1.50. The van der Waals surface area contributed by atoms with Crippen molar-refractivity contribution in [3.8, 4) is 5.75 Å². The van der Waals surface area contributed by atoms with Crippen molar-refractivity contribution in [1.82, 2.24) is 0 Å². The summed E-state index contributed by atoms with van der Waals surface area (Å²) in [7, 11) is 0. The van der Waals surface area contributed by atoms with Gasteiger partial charge < -0.3 is 4.74 Å². The molecule has 12 heavy (non-hydrogen) atoms. The zero-order chi connectivity index (χ0) is 8.97. The Balaban J connectivity index is 2.69. The molecule has 2 N–H and O–H groups in total. The van der Waals surface area contributed by atoms with Gasteiger partial charge in [-0.2, -0.15) is 0 Å². The average Bonchev–Trinajstić information content (AvgIpc) is 2.09. The highest BCUT2D eigenvalue weighted by atomic mass is 16.5. The summed E-state index contributed by atoms with van der Waals surface area (Å²) in [4.78, 5) is 0. The molecule has 0 spiro atoms. The smallest absolute Gasteiger partial charge is 0.150 e. The van der Waals surface area contributed by atoms with E-state index in [0.717, 1.165) is 11.3 Å². The summed E-state index contributed by atoms with van der Waals surface area (Å²) in [5.41, 5.74) is 6.70. The maximum Gasteiger partial charge on any atom is 0.150 e. The molecule has 0 aliphatic heterocycles. The van der Waals surface area contributed by atoms with Crippen LogP contribution < -0.4 is 10.5 Å². The molecule has 0 aromatic heterocycles. The Morgan fingerprint density at radius 3 is 2.67 bits per heavy atom. The third kappa shape index (κ3) is 2.24. The number of nitrogens with two attached hydrogens (primary N) is 1. The van der Waals surface area contributed by atoms with Gasteiger partial charge in [-0.05, 0) is 18.6 Å². The second-order valence-corrected chi connectivity index (χ2v) is 2.68. The first-order valence-corrected chi connectivity index (χ1v) is 4.01. The lowest BCUT2D eigenvalue weighted by Crippen LogP contribution is -2.26. The Morgan fingerprint density at radius 1 is 1.42 bits per heavy atom. The summed E-state index contributed by atoms with van der Waals surface area (Å²) in [6.45, 7) is 3.88. The van der Waals surface area contributed by atoms with Crippen LogP contribution in [0.2, 0.25) is 0 Å². The molecule has 1 rings (SSSR count). The van der Waals surface area contributed by atoms with Crippen LogP contribution in [-0.4, -0.2) is 6.23 Å². The molecule has 0 heterocycles. The monoisotopic (exact) mass is 164 g/mol. The van der Waals surface area contributed by atoms with Crippen LogP contribution >= 0.6 is 0 Å². The molecule has 0 amide bonds. The van der Waals surface area contributed by atoms with Crippen LogP contribution in [0.15, 0.2) is 24.3 Å². The summed E-state index contributed by atoms with van der Waals surface area (Å²) < 4.78 is 5.42. The minimum atomic E-state index is -0.314. The van der Waals surface area contributed by atoms with Gasteiger partial charge in [0.1, 0.15) is 5.75 Å². The highest BCUT2D eigenvalue weighted by Crippen LogP contribution is 2.16. The number of aryl methyl sites for hydroxylation is 1. The highest BCUT2D eigenvalue weighted by Gasteiger charge is 2.02. The van der Waals surface area contributed by atoms with Crippen molar-refractivity contribution in [3.05, 3.63) is 36.2 Å². The van der Waals surface area contributed by atoms with Gasteiger partial charge in [-0.1, -0.05) is 25.1 Å². The molecule has 65 valence electrons. The van der Waals surface area contributed by atoms with Crippen LogP contribution in [0, 0.1) is 13.3 Å². The van der Waals surface area contributed by atoms with E-state index in [1.807, 2.05) is 44.5 Å². The number of benzene rings is 1. The van der Waals surface area contributed by atoms with Crippen molar-refractivity contribution < 1.29 is 4.74 Å². The first-order chi connectivity index (χ1) is 5.74. The Kier molecular flexibility index (Phi) is 3.11. The van der Waals surface area contributed by atoms with Gasteiger partial charge in [-0.25, -0.2) is 0 Å². The highest BCUT2D eigenvalue weighted by molar-refractivity contribution is 5.31. The van der Waals surface area contributed by atoms with E-state index < -0.39 is 0 Å². The van der Waals surface area contributed by atoms with Gasteiger partial charge in [-0.3, -0.25) is 5.73 Å². The maximum atomic E-state index is 5.60. The summed E-state index contributed by atoms with van der Waals surface area (Å²) >= 11 is 0. The van der Waals surface area contributed by atoms with E-state index in [1.54, 1.807) is 0 Å². The van der Waals surface area contributed by atoms with Crippen LogP contribution in [0.25, 0.3) is 0 Å². The van der Waals surface area contributed by atoms with E-state index in [2.05, 4.69) is 0 Å². The van der Waals surface area contributed by atoms with Gasteiger partial charge in [0.15, 0.2) is 6.23 Å². The molecule has 2 nitrogen and oxygen atoms in total. The predicted octanol–water partition coefficient (Wildman–Crippen LogP) is 1.88. The van der Waals surface area contributed by atoms with Crippen molar-refractivity contribution in [2.45, 2.75) is 20.1 Å². The second kappa shape index (κ2) is 4.12. The Morgan fingerprint density at radius 2 is 2.08 bits per heavy atom. The molecule has 0 aliphatic carbocycles. The number of ether oxygens (including phenoxy) is 1. The van der Waals surface area contributed by atoms with E-state index in [4.69, 9.17) is 10.5 Å². The lowest BCUT2D eigenvalue weighted by atomic mass is 10.2. The van der Waals surface area contributed by atoms with E-state index in [1.165, 1.54) is 0 Å². The normalized spacial score (nSPS) is 12.6. The van der Waals surface area contributed by atoms with E-state index in [9.17, 15) is 0 Å². The van der Waals surface area contributed by atoms with Crippen LogP contribution in [0.5, 0.6) is 5.75 Å². The van der Waals surface area contributed by atoms with Gasteiger partial charge in [0.25, 0.3) is 0 Å². The number of para-hydroxylation sites is 1. The molecule has 0 fully saturated rings. The summed E-state index contributed by atoms with van der Waals surface area (Å²) in [5.74, 6) is 0.850. The fraction of sp³-hybridized carbons (Fsp3) is 0.300. The molecule has 0 aliphatic rings. The van der Waals surface area contributed by atoms with Crippen molar-refractivity contribution >= 4 is 0 Å². The molecule has 1 aromatic rings. The average molecular weight is 164 g/mol. The van der Waals surface area contributed by atoms with Crippen LogP contribution in [0.1, 0.15) is 12.5 Å². The quantitative estimate of drug-likeness (QED) is 0.692. The van der Waals surface area contributed by atoms with Gasteiger partial charge in [0.05, 0.1) is 0 Å². The predicted molar refractivity (Wildman–Crippen MR) is 49.8 cm³/mol. The van der Waals surface area contributed by atoms with Crippen molar-refractivity contribution in [2.24, 2.45) is 5.73 Å². The Hall–Kier alpha value is -1.02. The molecule has 1 radical (unpaired) electrons. The third-order valence-corrected chi connectivity index (χ3v) is 1.69. The fourth-order valence-electron chi connectivity index (χ4n) is 0.903. The Bertz CT molecular complexity index is 247. The molecule has 0 saturated heterocycles. The van der Waals surface area contributed by atoms with Crippen molar-refractivity contribution in [1.29, 1.82) is 0 Å². The van der Waals surface area contributed by atoms with Gasteiger partial charge >= 0.3 is 0 Å². The first kappa shape index (κ1) is 9.07. The zero-order valence-electron chi connectivity index (χ0n) is 7.45. The zero-order valence-corrected chi connectivity index (χ0v) is 7.45. The molecular formula is C10H14NO. The van der Waals surface area contributed by atoms with E-state index in [-0.39, 0.29) is 6.23 Å². The second-order valence-electron chi connectivity index (χ2n) is 2.68. The third-order valence-electron chi connectivity index (χ3n) is 1.69. The first-order valence-electron chi connectivity index (χ1n) is 4.01. The lowest BCUT2D eigenvalue weighted by Gasteiger charge is -2.13. The van der Waals surface area contributed by atoms with Gasteiger partial charge in [-0.15, -0.1) is 0 Å². The van der Waals surface area contributed by atoms with Gasteiger partial charge in [0, 0.05) is 6.42 Å². The molecule has 1 atom stereocenters. The Labute approximate surface area is 73.3 Å². The van der Waals surface area contributed by atoms with Crippen molar-refractivity contribution in [2.75, 3.05) is 0 Å². The van der Waals surface area contributed by atoms with E-state index in [0.29, 0.717) is 0 Å². The molecule has 0 bridgehead atoms. The molecule has 1 unspecified atom stereocenters. The molecule has 2 heteroatoms. The minimum Gasteiger partial charge on any atom is -0.475 e. The van der Waals surface area contributed by atoms with E-state index >= 15 is 0 Å². The standard InChI is InChI=1S/C10H14NO/c1-3-10(11)12-9-7-5-4-6-8(9)2/h3-7,10H,11H2,1-2H3. The van der Waals surface area contributed by atoms with Gasteiger partial charge in [0.2, 0.25) is 0 Å². The fourth-order valence-corrected chi connectivity index (χ4v) is 0.903. The van der Waals surface area contributed by atoms with Crippen molar-refractivity contribution in [3.63, 3.8) is 0 Å². The van der Waals surface area contributed by atoms with Crippen LogP contribution in [-0.2, 0) is 0 Å². The number of hydrogen-bond acceptors (Lipinski definition) is 2. The van der Waals surface area contributed by atoms with Crippen LogP contribution in [0.4, 0.5) is 0 Å². The maximum absolute atomic E-state index is 5.60. The topological polar surface area (TPSA) is 35.2 Å². The minimum absolute atomic E-state index is 0.314. The molecular weight excluding hydrogens is 150 g/mol. The number of hydrogen-bond donors (Lipinski definition) is 1. The number of rotatable bonds is 3. The summed E-state index contributed by atoms with van der Waals surface area (Å²) in [5, 5.41) is 0. The largest absolute Gasteiger partial charge is 0.475 e.